The molecule has 0 amide bonds. The summed E-state index contributed by atoms with van der Waals surface area (Å²) in [6.07, 6.45) is 0. The predicted octanol–water partition coefficient (Wildman–Crippen LogP) is 4.11. The Kier molecular flexibility index (Phi) is 5.23. The molecule has 2 rings (SSSR count). The van der Waals surface area contributed by atoms with E-state index in [9.17, 15) is 0 Å². The van der Waals surface area contributed by atoms with Crippen molar-refractivity contribution in [1.29, 1.82) is 0 Å². The fourth-order valence-corrected chi connectivity index (χ4v) is 2.56. The molecule has 0 aliphatic rings. The summed E-state index contributed by atoms with van der Waals surface area (Å²) < 4.78 is 10.8. The van der Waals surface area contributed by atoms with Crippen LogP contribution in [-0.4, -0.2) is 20.8 Å². The SMILES string of the molecule is COCC(Nc1ccc(C)c(OC)c1C)c1ccccc1. The van der Waals surface area contributed by atoms with E-state index < -0.39 is 0 Å². The lowest BCUT2D eigenvalue weighted by atomic mass is 10.0. The van der Waals surface area contributed by atoms with Crippen LogP contribution in [0.15, 0.2) is 42.5 Å². The number of methoxy groups -OCH3 is 2. The monoisotopic (exact) mass is 285 g/mol. The van der Waals surface area contributed by atoms with Gasteiger partial charge < -0.3 is 14.8 Å². The van der Waals surface area contributed by atoms with Crippen molar-refractivity contribution in [2.45, 2.75) is 19.9 Å². The van der Waals surface area contributed by atoms with Gasteiger partial charge in [0.15, 0.2) is 0 Å². The molecule has 21 heavy (non-hydrogen) atoms. The summed E-state index contributed by atoms with van der Waals surface area (Å²) >= 11 is 0. The van der Waals surface area contributed by atoms with E-state index in [2.05, 4.69) is 43.4 Å². The molecule has 0 radical (unpaired) electrons. The number of nitrogens with one attached hydrogen (secondary N) is 1. The molecule has 3 heteroatoms. The number of ether oxygens (including phenoxy) is 2. The van der Waals surface area contributed by atoms with Crippen molar-refractivity contribution in [2.75, 3.05) is 26.1 Å². The Balaban J connectivity index is 2.29. The van der Waals surface area contributed by atoms with Gasteiger partial charge in [-0.2, -0.15) is 0 Å². The highest BCUT2D eigenvalue weighted by Crippen LogP contribution is 2.31. The molecule has 0 fully saturated rings. The molecule has 0 saturated carbocycles. The van der Waals surface area contributed by atoms with Crippen LogP contribution in [0.2, 0.25) is 0 Å². The molecule has 2 aromatic rings. The molecule has 2 aromatic carbocycles. The first kappa shape index (κ1) is 15.4. The molecular formula is C18H23NO2. The lowest BCUT2D eigenvalue weighted by Crippen LogP contribution is -2.17. The van der Waals surface area contributed by atoms with Crippen LogP contribution in [0.5, 0.6) is 5.75 Å². The average Bonchev–Trinajstić information content (AvgIpc) is 2.51. The van der Waals surface area contributed by atoms with Crippen LogP contribution >= 0.6 is 0 Å². The molecule has 0 aliphatic carbocycles. The number of benzene rings is 2. The molecular weight excluding hydrogens is 262 g/mol. The van der Waals surface area contributed by atoms with Crippen LogP contribution in [-0.2, 0) is 4.74 Å². The van der Waals surface area contributed by atoms with Gasteiger partial charge in [0.25, 0.3) is 0 Å². The molecule has 0 bridgehead atoms. The number of hydrogen-bond acceptors (Lipinski definition) is 3. The summed E-state index contributed by atoms with van der Waals surface area (Å²) in [6.45, 7) is 4.74. The summed E-state index contributed by atoms with van der Waals surface area (Å²) in [5.74, 6) is 0.934. The largest absolute Gasteiger partial charge is 0.496 e. The van der Waals surface area contributed by atoms with Gasteiger partial charge in [-0.15, -0.1) is 0 Å². The quantitative estimate of drug-likeness (QED) is 0.866. The second-order valence-corrected chi connectivity index (χ2v) is 5.15. The molecule has 112 valence electrons. The van der Waals surface area contributed by atoms with Crippen LogP contribution in [0.25, 0.3) is 0 Å². The van der Waals surface area contributed by atoms with E-state index in [0.717, 1.165) is 22.6 Å². The van der Waals surface area contributed by atoms with Crippen molar-refractivity contribution in [3.8, 4) is 5.75 Å². The molecule has 3 nitrogen and oxygen atoms in total. The molecule has 1 unspecified atom stereocenters. The van der Waals surface area contributed by atoms with Gasteiger partial charge in [0.2, 0.25) is 0 Å². The molecule has 0 heterocycles. The average molecular weight is 285 g/mol. The highest BCUT2D eigenvalue weighted by atomic mass is 16.5. The lowest BCUT2D eigenvalue weighted by molar-refractivity contribution is 0.186. The number of rotatable bonds is 6. The number of hydrogen-bond donors (Lipinski definition) is 1. The van der Waals surface area contributed by atoms with Gasteiger partial charge >= 0.3 is 0 Å². The third kappa shape index (κ3) is 3.56. The second-order valence-electron chi connectivity index (χ2n) is 5.15. The first-order valence-electron chi connectivity index (χ1n) is 7.12. The summed E-state index contributed by atoms with van der Waals surface area (Å²) in [6, 6.07) is 14.6. The predicted molar refractivity (Wildman–Crippen MR) is 87.1 cm³/mol. The second kappa shape index (κ2) is 7.14. The molecule has 0 spiro atoms. The maximum Gasteiger partial charge on any atom is 0.126 e. The van der Waals surface area contributed by atoms with Crippen LogP contribution in [0.3, 0.4) is 0 Å². The van der Waals surface area contributed by atoms with Crippen molar-refractivity contribution in [3.63, 3.8) is 0 Å². The number of anilines is 1. The Morgan fingerprint density at radius 3 is 2.33 bits per heavy atom. The van der Waals surface area contributed by atoms with Crippen molar-refractivity contribution in [3.05, 3.63) is 59.2 Å². The topological polar surface area (TPSA) is 30.5 Å². The zero-order valence-electron chi connectivity index (χ0n) is 13.1. The first-order chi connectivity index (χ1) is 10.2. The van der Waals surface area contributed by atoms with Gasteiger partial charge in [-0.3, -0.25) is 0 Å². The van der Waals surface area contributed by atoms with Gasteiger partial charge in [-0.05, 0) is 31.0 Å². The molecule has 0 aliphatic heterocycles. The van der Waals surface area contributed by atoms with Gasteiger partial charge in [-0.25, -0.2) is 0 Å². The third-order valence-electron chi connectivity index (χ3n) is 3.67. The molecule has 0 saturated heterocycles. The Morgan fingerprint density at radius 2 is 1.71 bits per heavy atom. The third-order valence-corrected chi connectivity index (χ3v) is 3.67. The highest BCUT2D eigenvalue weighted by Gasteiger charge is 2.14. The standard InChI is InChI=1S/C18H23NO2/c1-13-10-11-16(14(2)18(13)21-4)19-17(12-20-3)15-8-6-5-7-9-15/h5-11,17,19H,12H2,1-4H3. The Labute approximate surface area is 126 Å². The minimum atomic E-state index is 0.113. The van der Waals surface area contributed by atoms with Crippen molar-refractivity contribution in [2.24, 2.45) is 0 Å². The van der Waals surface area contributed by atoms with Gasteiger partial charge in [0.05, 0.1) is 19.8 Å². The zero-order chi connectivity index (χ0) is 15.2. The van der Waals surface area contributed by atoms with E-state index in [4.69, 9.17) is 9.47 Å². The Morgan fingerprint density at radius 1 is 1.00 bits per heavy atom. The van der Waals surface area contributed by atoms with Crippen LogP contribution in [0.4, 0.5) is 5.69 Å². The summed E-state index contributed by atoms with van der Waals surface area (Å²) in [5.41, 5.74) is 4.54. The zero-order valence-corrected chi connectivity index (χ0v) is 13.1. The summed E-state index contributed by atoms with van der Waals surface area (Å²) in [7, 11) is 3.43. The lowest BCUT2D eigenvalue weighted by Gasteiger charge is -2.22. The summed E-state index contributed by atoms with van der Waals surface area (Å²) in [5, 5.41) is 3.56. The van der Waals surface area contributed by atoms with Gasteiger partial charge in [0, 0.05) is 18.4 Å². The minimum Gasteiger partial charge on any atom is -0.496 e. The van der Waals surface area contributed by atoms with E-state index in [1.165, 1.54) is 5.56 Å². The van der Waals surface area contributed by atoms with Crippen molar-refractivity contribution < 1.29 is 9.47 Å². The van der Waals surface area contributed by atoms with E-state index in [0.29, 0.717) is 6.61 Å². The Hall–Kier alpha value is -2.00. The molecule has 1 atom stereocenters. The Bertz CT molecular complexity index is 581. The smallest absolute Gasteiger partial charge is 0.126 e. The van der Waals surface area contributed by atoms with E-state index in [1.54, 1.807) is 14.2 Å². The molecule has 1 N–H and O–H groups in total. The first-order valence-corrected chi connectivity index (χ1v) is 7.12. The van der Waals surface area contributed by atoms with Crippen LogP contribution < -0.4 is 10.1 Å². The van der Waals surface area contributed by atoms with Crippen LogP contribution in [0.1, 0.15) is 22.7 Å². The fourth-order valence-electron chi connectivity index (χ4n) is 2.56. The maximum atomic E-state index is 5.49. The minimum absolute atomic E-state index is 0.113. The summed E-state index contributed by atoms with van der Waals surface area (Å²) in [4.78, 5) is 0. The van der Waals surface area contributed by atoms with Crippen molar-refractivity contribution >= 4 is 5.69 Å². The van der Waals surface area contributed by atoms with Gasteiger partial charge in [0.1, 0.15) is 5.75 Å². The van der Waals surface area contributed by atoms with Gasteiger partial charge in [-0.1, -0.05) is 36.4 Å². The molecule has 0 aromatic heterocycles. The van der Waals surface area contributed by atoms with E-state index in [-0.39, 0.29) is 6.04 Å². The number of aryl methyl sites for hydroxylation is 1. The highest BCUT2D eigenvalue weighted by molar-refractivity contribution is 5.60. The normalized spacial score (nSPS) is 12.0. The maximum absolute atomic E-state index is 5.49. The van der Waals surface area contributed by atoms with Crippen LogP contribution in [0, 0.1) is 13.8 Å². The van der Waals surface area contributed by atoms with E-state index in [1.807, 2.05) is 18.2 Å². The van der Waals surface area contributed by atoms with Crippen molar-refractivity contribution in [1.82, 2.24) is 0 Å². The fraction of sp³-hybridized carbons (Fsp3) is 0.333. The van der Waals surface area contributed by atoms with E-state index >= 15 is 0 Å².